The third-order valence-corrected chi connectivity index (χ3v) is 4.67. The van der Waals surface area contributed by atoms with E-state index < -0.39 is 0 Å². The number of amides is 1. The van der Waals surface area contributed by atoms with Gasteiger partial charge in [0.1, 0.15) is 0 Å². The van der Waals surface area contributed by atoms with E-state index in [2.05, 4.69) is 29.3 Å². The van der Waals surface area contributed by atoms with Gasteiger partial charge in [-0.1, -0.05) is 19.0 Å². The summed E-state index contributed by atoms with van der Waals surface area (Å²) in [4.78, 5) is 18.5. The topological polar surface area (TPSA) is 71.3 Å². The van der Waals surface area contributed by atoms with Crippen LogP contribution in [-0.4, -0.2) is 40.1 Å². The molecule has 0 saturated carbocycles. The molecule has 6 heteroatoms. The predicted molar refractivity (Wildman–Crippen MR) is 92.0 cm³/mol. The highest BCUT2D eigenvalue weighted by atomic mass is 16.5. The number of hydrogen-bond acceptors (Lipinski definition) is 5. The molecule has 3 heterocycles. The number of nitrogens with zero attached hydrogens (tertiary/aromatic N) is 3. The van der Waals surface area contributed by atoms with Gasteiger partial charge in [0, 0.05) is 43.5 Å². The fraction of sp³-hybridized carbons (Fsp3) is 0.500. The first kappa shape index (κ1) is 16.5. The van der Waals surface area contributed by atoms with Gasteiger partial charge in [-0.15, -0.1) is 0 Å². The Balaban J connectivity index is 1.54. The molecule has 0 radical (unpaired) electrons. The van der Waals surface area contributed by atoms with Crippen molar-refractivity contribution in [2.75, 3.05) is 18.4 Å². The fourth-order valence-electron chi connectivity index (χ4n) is 2.90. The second-order valence-corrected chi connectivity index (χ2v) is 6.38. The predicted octanol–water partition coefficient (Wildman–Crippen LogP) is 3.30. The molecule has 1 atom stereocenters. The maximum atomic E-state index is 12.6. The molecular weight excluding hydrogens is 304 g/mol. The fourth-order valence-corrected chi connectivity index (χ4v) is 2.90. The lowest BCUT2D eigenvalue weighted by molar-refractivity contribution is 0.0676. The Morgan fingerprint density at radius 2 is 2.25 bits per heavy atom. The van der Waals surface area contributed by atoms with E-state index in [0.29, 0.717) is 17.7 Å². The second-order valence-electron chi connectivity index (χ2n) is 6.38. The van der Waals surface area contributed by atoms with Crippen LogP contribution in [0.25, 0.3) is 0 Å². The van der Waals surface area contributed by atoms with Gasteiger partial charge >= 0.3 is 0 Å². The highest BCUT2D eigenvalue weighted by Crippen LogP contribution is 2.21. The van der Waals surface area contributed by atoms with Crippen LogP contribution in [0.1, 0.15) is 55.3 Å². The van der Waals surface area contributed by atoms with Crippen molar-refractivity contribution in [3.05, 3.63) is 42.0 Å². The molecule has 2 aromatic heterocycles. The van der Waals surface area contributed by atoms with Crippen LogP contribution in [0.3, 0.4) is 0 Å². The Hall–Kier alpha value is -2.37. The molecule has 0 bridgehead atoms. The van der Waals surface area contributed by atoms with Crippen molar-refractivity contribution in [1.82, 2.24) is 15.0 Å². The van der Waals surface area contributed by atoms with E-state index in [-0.39, 0.29) is 5.91 Å². The van der Waals surface area contributed by atoms with E-state index in [0.717, 1.165) is 43.7 Å². The standard InChI is InChI=1S/C18H24N4O2/c1-3-13(2)16-11-17(24-21-16)18(23)22-9-6-14(7-10-22)20-15-5-4-8-19-12-15/h4-5,8,11-14,20H,3,6-7,9-10H2,1-2H3. The van der Waals surface area contributed by atoms with Gasteiger partial charge in [0.25, 0.3) is 5.91 Å². The molecule has 1 aliphatic rings. The van der Waals surface area contributed by atoms with Crippen molar-refractivity contribution in [3.63, 3.8) is 0 Å². The molecule has 0 aliphatic carbocycles. The van der Waals surface area contributed by atoms with Crippen LogP contribution in [0.15, 0.2) is 35.1 Å². The van der Waals surface area contributed by atoms with E-state index in [1.54, 1.807) is 12.3 Å². The van der Waals surface area contributed by atoms with Crippen LogP contribution >= 0.6 is 0 Å². The van der Waals surface area contributed by atoms with Crippen molar-refractivity contribution in [2.24, 2.45) is 0 Å². The monoisotopic (exact) mass is 328 g/mol. The highest BCUT2D eigenvalue weighted by molar-refractivity contribution is 5.91. The number of carbonyl (C=O) groups is 1. The van der Waals surface area contributed by atoms with Crippen molar-refractivity contribution in [3.8, 4) is 0 Å². The summed E-state index contributed by atoms with van der Waals surface area (Å²) < 4.78 is 5.26. The van der Waals surface area contributed by atoms with Gasteiger partial charge < -0.3 is 14.7 Å². The van der Waals surface area contributed by atoms with Crippen molar-refractivity contribution < 1.29 is 9.32 Å². The van der Waals surface area contributed by atoms with Crippen molar-refractivity contribution in [2.45, 2.75) is 45.1 Å². The van der Waals surface area contributed by atoms with Crippen LogP contribution in [0.2, 0.25) is 0 Å². The lowest BCUT2D eigenvalue weighted by atomic mass is 10.0. The smallest absolute Gasteiger partial charge is 0.292 e. The summed E-state index contributed by atoms with van der Waals surface area (Å²) in [5.74, 6) is 0.602. The first-order valence-corrected chi connectivity index (χ1v) is 8.59. The third-order valence-electron chi connectivity index (χ3n) is 4.67. The summed E-state index contributed by atoms with van der Waals surface area (Å²) in [6, 6.07) is 6.08. The van der Waals surface area contributed by atoms with E-state index >= 15 is 0 Å². The Labute approximate surface area is 142 Å². The summed E-state index contributed by atoms with van der Waals surface area (Å²) in [6.07, 6.45) is 6.38. The lowest BCUT2D eigenvalue weighted by Gasteiger charge is -2.32. The van der Waals surface area contributed by atoms with Gasteiger partial charge in [0.05, 0.1) is 11.4 Å². The molecule has 6 nitrogen and oxygen atoms in total. The van der Waals surface area contributed by atoms with Crippen LogP contribution in [0.5, 0.6) is 0 Å². The maximum absolute atomic E-state index is 12.6. The van der Waals surface area contributed by atoms with Gasteiger partial charge in [-0.2, -0.15) is 0 Å². The molecule has 2 aromatic rings. The summed E-state index contributed by atoms with van der Waals surface area (Å²) in [6.45, 7) is 5.62. The molecule has 1 amide bonds. The van der Waals surface area contributed by atoms with E-state index in [1.807, 2.05) is 23.2 Å². The van der Waals surface area contributed by atoms with Gasteiger partial charge in [0.15, 0.2) is 0 Å². The Kier molecular flexibility index (Phi) is 5.13. The minimum atomic E-state index is -0.0584. The normalized spacial score (nSPS) is 16.8. The van der Waals surface area contributed by atoms with Gasteiger partial charge in [-0.3, -0.25) is 9.78 Å². The number of aromatic nitrogens is 2. The first-order chi connectivity index (χ1) is 11.7. The molecule has 1 N–H and O–H groups in total. The first-order valence-electron chi connectivity index (χ1n) is 8.59. The largest absolute Gasteiger partial charge is 0.381 e. The molecule has 1 fully saturated rings. The number of carbonyl (C=O) groups excluding carboxylic acids is 1. The van der Waals surface area contributed by atoms with Gasteiger partial charge in [-0.05, 0) is 31.4 Å². The zero-order valence-electron chi connectivity index (χ0n) is 14.2. The quantitative estimate of drug-likeness (QED) is 0.912. The zero-order valence-corrected chi connectivity index (χ0v) is 14.2. The third kappa shape index (κ3) is 3.75. The average molecular weight is 328 g/mol. The number of anilines is 1. The van der Waals surface area contributed by atoms with E-state index in [9.17, 15) is 4.79 Å². The molecule has 1 saturated heterocycles. The minimum absolute atomic E-state index is 0.0584. The van der Waals surface area contributed by atoms with Crippen LogP contribution in [0, 0.1) is 0 Å². The van der Waals surface area contributed by atoms with E-state index in [4.69, 9.17) is 4.52 Å². The van der Waals surface area contributed by atoms with Gasteiger partial charge in [0.2, 0.25) is 5.76 Å². The maximum Gasteiger partial charge on any atom is 0.292 e. The molecule has 24 heavy (non-hydrogen) atoms. The number of rotatable bonds is 5. The van der Waals surface area contributed by atoms with E-state index in [1.165, 1.54) is 0 Å². The number of piperidine rings is 1. The molecule has 0 aromatic carbocycles. The minimum Gasteiger partial charge on any atom is -0.381 e. The Bertz CT molecular complexity index is 663. The SMILES string of the molecule is CCC(C)c1cc(C(=O)N2CCC(Nc3cccnc3)CC2)on1. The van der Waals surface area contributed by atoms with Gasteiger partial charge in [-0.25, -0.2) is 0 Å². The Morgan fingerprint density at radius 1 is 1.46 bits per heavy atom. The number of likely N-dealkylation sites (tertiary alicyclic amines) is 1. The Morgan fingerprint density at radius 3 is 2.92 bits per heavy atom. The number of nitrogens with one attached hydrogen (secondary N) is 1. The molecule has 3 rings (SSSR count). The van der Waals surface area contributed by atoms with Crippen LogP contribution in [-0.2, 0) is 0 Å². The molecule has 1 aliphatic heterocycles. The molecule has 0 spiro atoms. The van der Waals surface area contributed by atoms with Crippen molar-refractivity contribution in [1.29, 1.82) is 0 Å². The van der Waals surface area contributed by atoms with Crippen molar-refractivity contribution >= 4 is 11.6 Å². The molecular formula is C18H24N4O2. The lowest BCUT2D eigenvalue weighted by Crippen LogP contribution is -2.42. The summed E-state index contributed by atoms with van der Waals surface area (Å²) in [5, 5.41) is 7.50. The van der Waals surface area contributed by atoms with Crippen LogP contribution in [0.4, 0.5) is 5.69 Å². The summed E-state index contributed by atoms with van der Waals surface area (Å²) in [7, 11) is 0. The second kappa shape index (κ2) is 7.47. The number of pyridine rings is 1. The molecule has 128 valence electrons. The highest BCUT2D eigenvalue weighted by Gasteiger charge is 2.26. The zero-order chi connectivity index (χ0) is 16.9. The van der Waals surface area contributed by atoms with Crippen LogP contribution < -0.4 is 5.32 Å². The average Bonchev–Trinajstić information content (AvgIpc) is 3.12. The summed E-state index contributed by atoms with van der Waals surface area (Å²) in [5.41, 5.74) is 1.88. The summed E-state index contributed by atoms with van der Waals surface area (Å²) >= 11 is 0. The molecule has 1 unspecified atom stereocenters. The number of hydrogen-bond donors (Lipinski definition) is 1.